The molecule has 0 aliphatic rings. The lowest BCUT2D eigenvalue weighted by atomic mass is 10.7. The minimum Gasteiger partial charge on any atom is -0.356 e. The Hall–Kier alpha value is -0.370. The van der Waals surface area contributed by atoms with E-state index in [1.807, 2.05) is 17.8 Å². The predicted octanol–water partition coefficient (Wildman–Crippen LogP) is 1.75. The van der Waals surface area contributed by atoms with Crippen LogP contribution in [0.15, 0.2) is 23.4 Å². The van der Waals surface area contributed by atoms with Gasteiger partial charge in [0.1, 0.15) is 0 Å². The summed E-state index contributed by atoms with van der Waals surface area (Å²) in [7, 11) is 2.03. The number of hydrogen-bond donors (Lipinski definition) is 0. The molecule has 8 heavy (non-hydrogen) atoms. The van der Waals surface area contributed by atoms with Gasteiger partial charge in [-0.05, 0) is 12.3 Å². The van der Waals surface area contributed by atoms with Gasteiger partial charge < -0.3 is 4.57 Å². The van der Waals surface area contributed by atoms with Crippen molar-refractivity contribution in [3.05, 3.63) is 18.5 Å². The summed E-state index contributed by atoms with van der Waals surface area (Å²) < 4.78 is 2.05. The number of rotatable bonds is 1. The van der Waals surface area contributed by atoms with Gasteiger partial charge in [-0.2, -0.15) is 0 Å². The molecule has 44 valence electrons. The van der Waals surface area contributed by atoms with Gasteiger partial charge in [-0.1, -0.05) is 0 Å². The van der Waals surface area contributed by atoms with Crippen LogP contribution in [0, 0.1) is 0 Å². The minimum absolute atomic E-state index is 1.33. The molecule has 0 fully saturated rings. The van der Waals surface area contributed by atoms with Gasteiger partial charge in [0.05, 0.1) is 0 Å². The molecule has 1 nitrogen and oxygen atoms in total. The highest BCUT2D eigenvalue weighted by Crippen LogP contribution is 2.12. The zero-order chi connectivity index (χ0) is 5.98. The Bertz CT molecular complexity index is 169. The molecule has 0 atom stereocenters. The molecule has 0 radical (unpaired) electrons. The van der Waals surface area contributed by atoms with Crippen LogP contribution in [0.2, 0.25) is 0 Å². The Kier molecular flexibility index (Phi) is 1.63. The summed E-state index contributed by atoms with van der Waals surface area (Å²) in [5, 5.41) is 0. The summed E-state index contributed by atoms with van der Waals surface area (Å²) in [6.07, 6.45) is 6.23. The molecule has 1 heterocycles. The Morgan fingerprint density at radius 1 is 1.62 bits per heavy atom. The first-order chi connectivity index (χ1) is 3.83. The molecular weight excluding hydrogens is 118 g/mol. The molecule has 0 saturated heterocycles. The maximum absolute atomic E-state index is 2.10. The van der Waals surface area contributed by atoms with Crippen LogP contribution in [-0.2, 0) is 7.05 Å². The van der Waals surface area contributed by atoms with Gasteiger partial charge in [-0.25, -0.2) is 0 Å². The average Bonchev–Trinajstić information content (AvgIpc) is 2.14. The molecule has 0 unspecified atom stereocenters. The molecule has 0 spiro atoms. The Labute approximate surface area is 53.7 Å². The number of aromatic nitrogens is 1. The van der Waals surface area contributed by atoms with E-state index in [2.05, 4.69) is 18.5 Å². The summed E-state index contributed by atoms with van der Waals surface area (Å²) in [4.78, 5) is 1.33. The third kappa shape index (κ3) is 1.07. The van der Waals surface area contributed by atoms with Gasteiger partial charge in [-0.15, -0.1) is 11.8 Å². The third-order valence-corrected chi connectivity index (χ3v) is 1.75. The van der Waals surface area contributed by atoms with Gasteiger partial charge in [0, 0.05) is 24.3 Å². The zero-order valence-corrected chi connectivity index (χ0v) is 5.90. The van der Waals surface area contributed by atoms with Crippen LogP contribution < -0.4 is 0 Å². The van der Waals surface area contributed by atoms with E-state index < -0.39 is 0 Å². The van der Waals surface area contributed by atoms with Gasteiger partial charge in [0.15, 0.2) is 0 Å². The number of thioether (sulfide) groups is 1. The van der Waals surface area contributed by atoms with Crippen LogP contribution >= 0.6 is 11.8 Å². The van der Waals surface area contributed by atoms with Crippen molar-refractivity contribution in [1.29, 1.82) is 0 Å². The maximum atomic E-state index is 2.10. The molecule has 1 rings (SSSR count). The SMILES string of the molecule is CSc1ccn(C)c1. The van der Waals surface area contributed by atoms with Crippen molar-refractivity contribution in [2.24, 2.45) is 7.05 Å². The van der Waals surface area contributed by atoms with E-state index in [0.717, 1.165) is 0 Å². The molecule has 0 aliphatic heterocycles. The van der Waals surface area contributed by atoms with E-state index in [1.54, 1.807) is 11.8 Å². The van der Waals surface area contributed by atoms with Crippen LogP contribution in [0.3, 0.4) is 0 Å². The highest BCUT2D eigenvalue weighted by molar-refractivity contribution is 7.98. The first kappa shape index (κ1) is 5.76. The van der Waals surface area contributed by atoms with Gasteiger partial charge in [0.2, 0.25) is 0 Å². The summed E-state index contributed by atoms with van der Waals surface area (Å²) in [6.45, 7) is 0. The molecular formula is C6H9NS. The fraction of sp³-hybridized carbons (Fsp3) is 0.333. The summed E-state index contributed by atoms with van der Waals surface area (Å²) >= 11 is 1.77. The minimum atomic E-state index is 1.33. The van der Waals surface area contributed by atoms with Gasteiger partial charge in [-0.3, -0.25) is 0 Å². The van der Waals surface area contributed by atoms with Crippen molar-refractivity contribution < 1.29 is 0 Å². The molecule has 0 N–H and O–H groups in total. The van der Waals surface area contributed by atoms with E-state index >= 15 is 0 Å². The molecule has 0 aliphatic carbocycles. The van der Waals surface area contributed by atoms with E-state index in [0.29, 0.717) is 0 Å². The molecule has 0 aromatic carbocycles. The van der Waals surface area contributed by atoms with Crippen molar-refractivity contribution in [3.8, 4) is 0 Å². The monoisotopic (exact) mass is 127 g/mol. The number of nitrogens with zero attached hydrogens (tertiary/aromatic N) is 1. The number of hydrogen-bond acceptors (Lipinski definition) is 1. The molecule has 0 bridgehead atoms. The van der Waals surface area contributed by atoms with Crippen LogP contribution in [0.5, 0.6) is 0 Å². The van der Waals surface area contributed by atoms with Crippen molar-refractivity contribution in [2.75, 3.05) is 6.26 Å². The van der Waals surface area contributed by atoms with Gasteiger partial charge >= 0.3 is 0 Å². The van der Waals surface area contributed by atoms with Crippen LogP contribution in [-0.4, -0.2) is 10.8 Å². The van der Waals surface area contributed by atoms with E-state index in [1.165, 1.54) is 4.90 Å². The summed E-state index contributed by atoms with van der Waals surface area (Å²) in [5.41, 5.74) is 0. The molecule has 0 saturated carbocycles. The van der Waals surface area contributed by atoms with E-state index in [4.69, 9.17) is 0 Å². The summed E-state index contributed by atoms with van der Waals surface area (Å²) in [6, 6.07) is 2.10. The molecule has 0 amide bonds. The van der Waals surface area contributed by atoms with Crippen molar-refractivity contribution in [1.82, 2.24) is 4.57 Å². The van der Waals surface area contributed by atoms with Crippen molar-refractivity contribution in [2.45, 2.75) is 4.90 Å². The maximum Gasteiger partial charge on any atom is 0.0246 e. The predicted molar refractivity (Wildman–Crippen MR) is 37.2 cm³/mol. The largest absolute Gasteiger partial charge is 0.356 e. The first-order valence-corrected chi connectivity index (χ1v) is 3.71. The normalized spacial score (nSPS) is 9.75. The lowest BCUT2D eigenvalue weighted by Gasteiger charge is -1.84. The second-order valence-electron chi connectivity index (χ2n) is 1.72. The van der Waals surface area contributed by atoms with Crippen molar-refractivity contribution >= 4 is 11.8 Å². The Morgan fingerprint density at radius 3 is 2.62 bits per heavy atom. The van der Waals surface area contributed by atoms with Crippen LogP contribution in [0.25, 0.3) is 0 Å². The van der Waals surface area contributed by atoms with Gasteiger partial charge in [0.25, 0.3) is 0 Å². The third-order valence-electron chi connectivity index (χ3n) is 1.04. The smallest absolute Gasteiger partial charge is 0.0246 e. The van der Waals surface area contributed by atoms with E-state index in [-0.39, 0.29) is 0 Å². The van der Waals surface area contributed by atoms with Crippen LogP contribution in [0.1, 0.15) is 0 Å². The van der Waals surface area contributed by atoms with E-state index in [9.17, 15) is 0 Å². The average molecular weight is 127 g/mol. The number of aryl methyl sites for hydroxylation is 1. The Balaban J connectivity index is 2.84. The lowest BCUT2D eigenvalue weighted by molar-refractivity contribution is 0.920. The standard InChI is InChI=1S/C6H9NS/c1-7-4-3-6(5-7)8-2/h3-5H,1-2H3. The van der Waals surface area contributed by atoms with Crippen molar-refractivity contribution in [3.63, 3.8) is 0 Å². The molecule has 1 aromatic heterocycles. The highest BCUT2D eigenvalue weighted by Gasteiger charge is 1.86. The quantitative estimate of drug-likeness (QED) is 0.520. The molecule has 2 heteroatoms. The summed E-state index contributed by atoms with van der Waals surface area (Å²) in [5.74, 6) is 0. The zero-order valence-electron chi connectivity index (χ0n) is 5.09. The first-order valence-electron chi connectivity index (χ1n) is 2.49. The second kappa shape index (κ2) is 2.27. The Morgan fingerprint density at radius 2 is 2.38 bits per heavy atom. The fourth-order valence-corrected chi connectivity index (χ4v) is 1.07. The topological polar surface area (TPSA) is 4.93 Å². The second-order valence-corrected chi connectivity index (χ2v) is 2.60. The van der Waals surface area contributed by atoms with Crippen LogP contribution in [0.4, 0.5) is 0 Å². The molecule has 1 aromatic rings. The lowest BCUT2D eigenvalue weighted by Crippen LogP contribution is -1.76. The highest BCUT2D eigenvalue weighted by atomic mass is 32.2. The fourth-order valence-electron chi connectivity index (χ4n) is 0.599.